The summed E-state index contributed by atoms with van der Waals surface area (Å²) in [5.74, 6) is -0.200. The van der Waals surface area contributed by atoms with E-state index in [4.69, 9.17) is 37.4 Å². The number of esters is 1. The van der Waals surface area contributed by atoms with Crippen LogP contribution in [0.25, 0.3) is 10.8 Å². The lowest BCUT2D eigenvalue weighted by Gasteiger charge is -2.19. The molecule has 5 aromatic carbocycles. The van der Waals surface area contributed by atoms with Crippen molar-refractivity contribution in [3.63, 3.8) is 0 Å². The normalized spacial score (nSPS) is 11.0. The fraction of sp³-hybridized carbons (Fsp3) is 0.0606. The number of hydrazone groups is 1. The number of nitrogens with zero attached hydrogens (tertiary/aromatic N) is 1. The van der Waals surface area contributed by atoms with Gasteiger partial charge >= 0.3 is 18.2 Å². The molecule has 0 unspecified atom stereocenters. The molecule has 0 bridgehead atoms. The first kappa shape index (κ1) is 28.7. The number of nitrogens with one attached hydrogen (secondary N) is 1. The number of hydrogen-bond donors (Lipinski definition) is 1. The Labute approximate surface area is 252 Å². The van der Waals surface area contributed by atoms with Crippen LogP contribution in [0.4, 0.5) is 0 Å². The molecule has 0 heterocycles. The van der Waals surface area contributed by atoms with Crippen LogP contribution in [0.3, 0.4) is 0 Å². The second kappa shape index (κ2) is 13.2. The highest BCUT2D eigenvalue weighted by Crippen LogP contribution is 2.28. The van der Waals surface area contributed by atoms with Crippen molar-refractivity contribution in [3.8, 4) is 17.2 Å². The molecular formula is C33H24Cl2N2O5. The Balaban J connectivity index is 1.39. The van der Waals surface area contributed by atoms with E-state index in [0.717, 1.165) is 16.3 Å². The molecule has 7 nitrogen and oxygen atoms in total. The van der Waals surface area contributed by atoms with Crippen LogP contribution in [-0.4, -0.2) is 24.4 Å². The van der Waals surface area contributed by atoms with Gasteiger partial charge in [-0.15, -0.1) is 0 Å². The third-order valence-corrected chi connectivity index (χ3v) is 6.59. The van der Waals surface area contributed by atoms with E-state index in [2.05, 4.69) is 10.5 Å². The average molecular weight is 599 g/mol. The van der Waals surface area contributed by atoms with Gasteiger partial charge in [-0.25, -0.2) is 10.2 Å². The zero-order valence-corrected chi connectivity index (χ0v) is 23.8. The molecule has 0 radical (unpaired) electrons. The lowest BCUT2D eigenvalue weighted by molar-refractivity contribution is -0.140. The van der Waals surface area contributed by atoms with Crippen LogP contribution in [0.2, 0.25) is 10.0 Å². The fourth-order valence-electron chi connectivity index (χ4n) is 4.05. The van der Waals surface area contributed by atoms with Crippen LogP contribution in [-0.2, 0) is 4.79 Å². The molecule has 9 heteroatoms. The topological polar surface area (TPSA) is 86.2 Å². The van der Waals surface area contributed by atoms with Crippen molar-refractivity contribution in [2.45, 2.75) is 13.2 Å². The van der Waals surface area contributed by atoms with Gasteiger partial charge in [0.15, 0.2) is 0 Å². The monoisotopic (exact) mass is 598 g/mol. The standard InChI is InChI=1S/C33H24Cl2N2O5/c1-21-5-4-7-23(19-21)32(39)42-30-18-9-22-6-2-3-8-28(22)29(30)20-36-37-31(38)33(40-26-14-10-24(34)11-15-26)41-27-16-12-25(35)13-17-27/h2-20,33H,1H3,(H,37,38). The molecule has 0 aromatic heterocycles. The van der Waals surface area contributed by atoms with Gasteiger partial charge in [0.25, 0.3) is 0 Å². The van der Waals surface area contributed by atoms with E-state index in [9.17, 15) is 9.59 Å². The minimum Gasteiger partial charge on any atom is -0.446 e. The number of carbonyl (C=O) groups is 2. The highest BCUT2D eigenvalue weighted by Gasteiger charge is 2.23. The summed E-state index contributed by atoms with van der Waals surface area (Å²) in [4.78, 5) is 26.1. The highest BCUT2D eigenvalue weighted by atomic mass is 35.5. The number of fused-ring (bicyclic) bond motifs is 1. The van der Waals surface area contributed by atoms with Crippen LogP contribution in [0, 0.1) is 6.92 Å². The van der Waals surface area contributed by atoms with Crippen molar-refractivity contribution < 1.29 is 23.8 Å². The Morgan fingerprint density at radius 2 is 1.43 bits per heavy atom. The van der Waals surface area contributed by atoms with E-state index in [1.165, 1.54) is 6.21 Å². The molecular weight excluding hydrogens is 575 g/mol. The van der Waals surface area contributed by atoms with E-state index >= 15 is 0 Å². The van der Waals surface area contributed by atoms with Crippen molar-refractivity contribution in [1.82, 2.24) is 5.43 Å². The molecule has 42 heavy (non-hydrogen) atoms. The largest absolute Gasteiger partial charge is 0.446 e. The van der Waals surface area contributed by atoms with Gasteiger partial charge in [-0.1, -0.05) is 71.2 Å². The number of hydrogen-bond acceptors (Lipinski definition) is 6. The summed E-state index contributed by atoms with van der Waals surface area (Å²) in [7, 11) is 0. The van der Waals surface area contributed by atoms with E-state index in [1.807, 2.05) is 43.3 Å². The summed E-state index contributed by atoms with van der Waals surface area (Å²) in [6, 6.07) is 31.2. The van der Waals surface area contributed by atoms with Gasteiger partial charge in [-0.05, 0) is 84.4 Å². The maximum Gasteiger partial charge on any atom is 0.343 e. The zero-order chi connectivity index (χ0) is 29.5. The van der Waals surface area contributed by atoms with Crippen LogP contribution in [0.15, 0.2) is 114 Å². The smallest absolute Gasteiger partial charge is 0.343 e. The molecule has 0 aliphatic heterocycles. The number of carbonyl (C=O) groups excluding carboxylic acids is 2. The van der Waals surface area contributed by atoms with Gasteiger partial charge in [-0.3, -0.25) is 4.79 Å². The van der Waals surface area contributed by atoms with Gasteiger partial charge in [0, 0.05) is 15.6 Å². The zero-order valence-electron chi connectivity index (χ0n) is 22.3. The fourth-order valence-corrected chi connectivity index (χ4v) is 4.30. The number of halogens is 2. The summed E-state index contributed by atoms with van der Waals surface area (Å²) in [6.45, 7) is 1.90. The molecule has 1 N–H and O–H groups in total. The number of benzene rings is 5. The Hall–Kier alpha value is -4.85. The predicted octanol–water partition coefficient (Wildman–Crippen LogP) is 7.61. The second-order valence-corrected chi connectivity index (χ2v) is 10.0. The maximum atomic E-state index is 13.2. The van der Waals surface area contributed by atoms with Crippen molar-refractivity contribution in [2.24, 2.45) is 5.10 Å². The molecule has 0 saturated carbocycles. The third kappa shape index (κ3) is 7.26. The van der Waals surface area contributed by atoms with Gasteiger partial charge in [0.1, 0.15) is 17.2 Å². The lowest BCUT2D eigenvalue weighted by Crippen LogP contribution is -2.40. The van der Waals surface area contributed by atoms with E-state index in [0.29, 0.717) is 32.7 Å². The Morgan fingerprint density at radius 1 is 0.786 bits per heavy atom. The first-order valence-electron chi connectivity index (χ1n) is 12.8. The number of aryl methyl sites for hydroxylation is 1. The van der Waals surface area contributed by atoms with Crippen LogP contribution in [0.1, 0.15) is 21.5 Å². The summed E-state index contributed by atoms with van der Waals surface area (Å²) in [5, 5.41) is 6.86. The van der Waals surface area contributed by atoms with Crippen LogP contribution in [0.5, 0.6) is 17.2 Å². The molecule has 0 atom stereocenters. The van der Waals surface area contributed by atoms with Gasteiger partial charge in [-0.2, -0.15) is 5.10 Å². The molecule has 5 aromatic rings. The minimum absolute atomic E-state index is 0.282. The van der Waals surface area contributed by atoms with Crippen molar-refractivity contribution in [1.29, 1.82) is 0 Å². The van der Waals surface area contributed by atoms with Crippen molar-refractivity contribution in [3.05, 3.63) is 136 Å². The van der Waals surface area contributed by atoms with E-state index < -0.39 is 18.2 Å². The van der Waals surface area contributed by atoms with Gasteiger partial charge in [0.2, 0.25) is 0 Å². The molecule has 0 spiro atoms. The summed E-state index contributed by atoms with van der Waals surface area (Å²) >= 11 is 12.0. The summed E-state index contributed by atoms with van der Waals surface area (Å²) < 4.78 is 17.4. The third-order valence-electron chi connectivity index (χ3n) is 6.08. The number of rotatable bonds is 9. The molecule has 0 aliphatic carbocycles. The SMILES string of the molecule is Cc1cccc(C(=O)Oc2ccc3ccccc3c2C=NNC(=O)C(Oc2ccc(Cl)cc2)Oc2ccc(Cl)cc2)c1. The van der Waals surface area contributed by atoms with Crippen molar-refractivity contribution >= 4 is 52.1 Å². The molecule has 210 valence electrons. The number of amides is 1. The highest BCUT2D eigenvalue weighted by molar-refractivity contribution is 6.30. The van der Waals surface area contributed by atoms with Gasteiger partial charge < -0.3 is 14.2 Å². The second-order valence-electron chi connectivity index (χ2n) is 9.17. The molecule has 0 saturated heterocycles. The van der Waals surface area contributed by atoms with Gasteiger partial charge in [0.05, 0.1) is 11.8 Å². The summed E-state index contributed by atoms with van der Waals surface area (Å²) in [5.41, 5.74) is 4.32. The Morgan fingerprint density at radius 3 is 2.07 bits per heavy atom. The van der Waals surface area contributed by atoms with Crippen molar-refractivity contribution in [2.75, 3.05) is 0 Å². The molecule has 1 amide bonds. The number of ether oxygens (including phenoxy) is 3. The van der Waals surface area contributed by atoms with E-state index in [1.54, 1.807) is 72.8 Å². The molecule has 5 rings (SSSR count). The molecule has 0 fully saturated rings. The summed E-state index contributed by atoms with van der Waals surface area (Å²) in [6.07, 6.45) is 0.0106. The van der Waals surface area contributed by atoms with Crippen LogP contribution >= 0.6 is 23.2 Å². The lowest BCUT2D eigenvalue weighted by atomic mass is 10.0. The predicted molar refractivity (Wildman–Crippen MR) is 164 cm³/mol. The minimum atomic E-state index is -1.41. The first-order valence-corrected chi connectivity index (χ1v) is 13.6. The Kier molecular flexibility index (Phi) is 9.02. The Bertz CT molecular complexity index is 1710. The first-order chi connectivity index (χ1) is 20.4. The van der Waals surface area contributed by atoms with Crippen LogP contribution < -0.4 is 19.6 Å². The maximum absolute atomic E-state index is 13.2. The molecule has 0 aliphatic rings. The van der Waals surface area contributed by atoms with E-state index in [-0.39, 0.29) is 5.75 Å². The quantitative estimate of drug-likeness (QED) is 0.0620. The average Bonchev–Trinajstić information content (AvgIpc) is 2.99.